The molecule has 0 atom stereocenters. The molecule has 0 saturated carbocycles. The molecule has 0 aliphatic heterocycles. The van der Waals surface area contributed by atoms with Crippen LogP contribution in [0.25, 0.3) is 10.9 Å². The standard InChI is InChI=1S/C16H13ClFN3O2/c1-22-13-6-9-12(7-14(13)23-2)19-8-20-16(9)21-11-5-3-4-10(17)15(11)18/h3-8H,1-2H3,(H,19,20,21). The average Bonchev–Trinajstić information content (AvgIpc) is 2.58. The number of ether oxygens (including phenoxy) is 2. The Balaban J connectivity index is 2.12. The molecular formula is C16H13ClFN3O2. The van der Waals surface area contributed by atoms with E-state index in [1.165, 1.54) is 19.5 Å². The third-order valence-corrected chi connectivity index (χ3v) is 3.64. The molecule has 118 valence electrons. The Bertz CT molecular complexity index is 873. The molecule has 0 bridgehead atoms. The van der Waals surface area contributed by atoms with Crippen molar-refractivity contribution in [3.05, 3.63) is 47.5 Å². The molecule has 0 unspecified atom stereocenters. The predicted molar refractivity (Wildman–Crippen MR) is 87.3 cm³/mol. The van der Waals surface area contributed by atoms with Gasteiger partial charge in [0.25, 0.3) is 0 Å². The molecular weight excluding hydrogens is 321 g/mol. The Labute approximate surface area is 137 Å². The SMILES string of the molecule is COc1cc2ncnc(Nc3cccc(Cl)c3F)c2cc1OC. The lowest BCUT2D eigenvalue weighted by Gasteiger charge is -2.12. The van der Waals surface area contributed by atoms with Gasteiger partial charge in [-0.3, -0.25) is 0 Å². The zero-order chi connectivity index (χ0) is 16.4. The highest BCUT2D eigenvalue weighted by Gasteiger charge is 2.13. The molecule has 0 spiro atoms. The molecule has 3 rings (SSSR count). The topological polar surface area (TPSA) is 56.3 Å². The van der Waals surface area contributed by atoms with E-state index in [-0.39, 0.29) is 10.7 Å². The molecule has 23 heavy (non-hydrogen) atoms. The molecule has 0 radical (unpaired) electrons. The van der Waals surface area contributed by atoms with E-state index in [4.69, 9.17) is 21.1 Å². The maximum Gasteiger partial charge on any atom is 0.165 e. The zero-order valence-electron chi connectivity index (χ0n) is 12.4. The highest BCUT2D eigenvalue weighted by atomic mass is 35.5. The first-order valence-electron chi connectivity index (χ1n) is 6.72. The Morgan fingerprint density at radius 2 is 1.83 bits per heavy atom. The van der Waals surface area contributed by atoms with Crippen LogP contribution in [0.3, 0.4) is 0 Å². The Kier molecular flexibility index (Phi) is 4.16. The van der Waals surface area contributed by atoms with E-state index in [0.29, 0.717) is 28.2 Å². The second-order valence-electron chi connectivity index (χ2n) is 4.67. The fourth-order valence-corrected chi connectivity index (χ4v) is 2.39. The molecule has 0 amide bonds. The number of hydrogen-bond acceptors (Lipinski definition) is 5. The summed E-state index contributed by atoms with van der Waals surface area (Å²) < 4.78 is 24.6. The number of fused-ring (bicyclic) bond motifs is 1. The number of rotatable bonds is 4. The van der Waals surface area contributed by atoms with E-state index >= 15 is 0 Å². The summed E-state index contributed by atoms with van der Waals surface area (Å²) in [6.07, 6.45) is 1.39. The lowest BCUT2D eigenvalue weighted by atomic mass is 10.2. The van der Waals surface area contributed by atoms with E-state index in [0.717, 1.165) is 0 Å². The number of aromatic nitrogens is 2. The van der Waals surface area contributed by atoms with Crippen molar-refractivity contribution in [1.29, 1.82) is 0 Å². The quantitative estimate of drug-likeness (QED) is 0.776. The van der Waals surface area contributed by atoms with E-state index < -0.39 is 5.82 Å². The third kappa shape index (κ3) is 2.85. The van der Waals surface area contributed by atoms with Crippen molar-refractivity contribution in [1.82, 2.24) is 9.97 Å². The van der Waals surface area contributed by atoms with Gasteiger partial charge in [-0.2, -0.15) is 0 Å². The van der Waals surface area contributed by atoms with Gasteiger partial charge in [-0.25, -0.2) is 14.4 Å². The van der Waals surface area contributed by atoms with Crippen LogP contribution in [-0.2, 0) is 0 Å². The summed E-state index contributed by atoms with van der Waals surface area (Å²) in [7, 11) is 3.09. The molecule has 0 saturated heterocycles. The van der Waals surface area contributed by atoms with Gasteiger partial charge in [-0.15, -0.1) is 0 Å². The second-order valence-corrected chi connectivity index (χ2v) is 5.08. The van der Waals surface area contributed by atoms with Crippen LogP contribution in [0.1, 0.15) is 0 Å². The van der Waals surface area contributed by atoms with Crippen LogP contribution in [0.5, 0.6) is 11.5 Å². The van der Waals surface area contributed by atoms with Crippen molar-refractivity contribution in [3.63, 3.8) is 0 Å². The smallest absolute Gasteiger partial charge is 0.165 e. The fraction of sp³-hybridized carbons (Fsp3) is 0.125. The molecule has 3 aromatic rings. The second kappa shape index (κ2) is 6.26. The van der Waals surface area contributed by atoms with Gasteiger partial charge >= 0.3 is 0 Å². The van der Waals surface area contributed by atoms with E-state index in [2.05, 4.69) is 15.3 Å². The first-order valence-corrected chi connectivity index (χ1v) is 7.09. The van der Waals surface area contributed by atoms with Crippen LogP contribution < -0.4 is 14.8 Å². The predicted octanol–water partition coefficient (Wildman–Crippen LogP) is 4.18. The molecule has 1 aromatic heterocycles. The molecule has 7 heteroatoms. The van der Waals surface area contributed by atoms with Crippen LogP contribution in [-0.4, -0.2) is 24.2 Å². The fourth-order valence-electron chi connectivity index (χ4n) is 2.21. The number of nitrogens with one attached hydrogen (secondary N) is 1. The number of methoxy groups -OCH3 is 2. The van der Waals surface area contributed by atoms with Gasteiger partial charge in [0.2, 0.25) is 0 Å². The highest BCUT2D eigenvalue weighted by Crippen LogP contribution is 2.35. The minimum atomic E-state index is -0.540. The van der Waals surface area contributed by atoms with E-state index in [9.17, 15) is 4.39 Å². The Morgan fingerprint density at radius 1 is 1.09 bits per heavy atom. The highest BCUT2D eigenvalue weighted by molar-refractivity contribution is 6.31. The van der Waals surface area contributed by atoms with Crippen LogP contribution in [0, 0.1) is 5.82 Å². The average molecular weight is 334 g/mol. The summed E-state index contributed by atoms with van der Waals surface area (Å²) in [6.45, 7) is 0. The molecule has 1 heterocycles. The number of nitrogens with zero attached hydrogens (tertiary/aromatic N) is 2. The normalized spacial score (nSPS) is 10.6. The lowest BCUT2D eigenvalue weighted by molar-refractivity contribution is 0.356. The van der Waals surface area contributed by atoms with Crippen molar-refractivity contribution in [3.8, 4) is 11.5 Å². The first-order chi connectivity index (χ1) is 11.1. The minimum Gasteiger partial charge on any atom is -0.493 e. The van der Waals surface area contributed by atoms with Crippen molar-refractivity contribution >= 4 is 34.0 Å². The van der Waals surface area contributed by atoms with E-state index in [1.54, 1.807) is 31.4 Å². The van der Waals surface area contributed by atoms with Gasteiger partial charge in [-0.1, -0.05) is 17.7 Å². The van der Waals surface area contributed by atoms with Gasteiger partial charge in [-0.05, 0) is 18.2 Å². The van der Waals surface area contributed by atoms with Gasteiger partial charge in [0, 0.05) is 11.5 Å². The third-order valence-electron chi connectivity index (χ3n) is 3.35. The summed E-state index contributed by atoms with van der Waals surface area (Å²) in [5.74, 6) is 0.988. The zero-order valence-corrected chi connectivity index (χ0v) is 13.2. The van der Waals surface area contributed by atoms with E-state index in [1.807, 2.05) is 0 Å². The summed E-state index contributed by atoms with van der Waals surface area (Å²) in [5.41, 5.74) is 0.870. The minimum absolute atomic E-state index is 0.0348. The monoisotopic (exact) mass is 333 g/mol. The number of anilines is 2. The molecule has 1 N–H and O–H groups in total. The van der Waals surface area contributed by atoms with Crippen LogP contribution in [0.15, 0.2) is 36.7 Å². The van der Waals surface area contributed by atoms with Crippen LogP contribution in [0.2, 0.25) is 5.02 Å². The number of hydrogen-bond donors (Lipinski definition) is 1. The van der Waals surface area contributed by atoms with Gasteiger partial charge in [0.15, 0.2) is 17.3 Å². The molecule has 5 nitrogen and oxygen atoms in total. The van der Waals surface area contributed by atoms with Crippen molar-refractivity contribution in [2.75, 3.05) is 19.5 Å². The van der Waals surface area contributed by atoms with Crippen LogP contribution >= 0.6 is 11.6 Å². The largest absolute Gasteiger partial charge is 0.493 e. The Hall–Kier alpha value is -2.60. The molecule has 2 aromatic carbocycles. The molecule has 0 aliphatic carbocycles. The van der Waals surface area contributed by atoms with Crippen molar-refractivity contribution in [2.24, 2.45) is 0 Å². The summed E-state index contributed by atoms with van der Waals surface area (Å²) >= 11 is 5.80. The molecule has 0 fully saturated rings. The number of halogens is 2. The van der Waals surface area contributed by atoms with Crippen LogP contribution in [0.4, 0.5) is 15.9 Å². The van der Waals surface area contributed by atoms with Crippen molar-refractivity contribution < 1.29 is 13.9 Å². The van der Waals surface area contributed by atoms with Gasteiger partial charge in [0.05, 0.1) is 30.4 Å². The van der Waals surface area contributed by atoms with Crippen molar-refractivity contribution in [2.45, 2.75) is 0 Å². The van der Waals surface area contributed by atoms with Gasteiger partial charge < -0.3 is 14.8 Å². The lowest BCUT2D eigenvalue weighted by Crippen LogP contribution is -1.99. The summed E-state index contributed by atoms with van der Waals surface area (Å²) in [4.78, 5) is 8.38. The number of benzene rings is 2. The summed E-state index contributed by atoms with van der Waals surface area (Å²) in [5, 5.41) is 3.64. The molecule has 0 aliphatic rings. The summed E-state index contributed by atoms with van der Waals surface area (Å²) in [6, 6.07) is 8.18. The Morgan fingerprint density at radius 3 is 2.57 bits per heavy atom. The maximum absolute atomic E-state index is 14.1. The van der Waals surface area contributed by atoms with Gasteiger partial charge in [0.1, 0.15) is 12.1 Å². The maximum atomic E-state index is 14.1. The first kappa shape index (κ1) is 15.3.